The van der Waals surface area contributed by atoms with Crippen molar-refractivity contribution in [3.8, 4) is 0 Å². The van der Waals surface area contributed by atoms with Gasteiger partial charge in [-0.25, -0.2) is 13.1 Å². The van der Waals surface area contributed by atoms with Crippen LogP contribution in [0.5, 0.6) is 0 Å². The van der Waals surface area contributed by atoms with Gasteiger partial charge in [0.2, 0.25) is 10.0 Å². The number of benzene rings is 1. The van der Waals surface area contributed by atoms with E-state index >= 15 is 0 Å². The van der Waals surface area contributed by atoms with E-state index in [1.54, 1.807) is 25.1 Å². The number of ether oxygens (including phenoxy) is 1. The van der Waals surface area contributed by atoms with Gasteiger partial charge in [-0.2, -0.15) is 0 Å². The van der Waals surface area contributed by atoms with Crippen molar-refractivity contribution in [1.82, 2.24) is 4.72 Å². The maximum Gasteiger partial charge on any atom is 0.243 e. The lowest BCUT2D eigenvalue weighted by molar-refractivity contribution is 0.117. The minimum atomic E-state index is -3.59. The molecule has 0 radical (unpaired) electrons. The van der Waals surface area contributed by atoms with E-state index in [4.69, 9.17) is 10.5 Å². The molecule has 3 N–H and O–H groups in total. The quantitative estimate of drug-likeness (QED) is 0.804. The van der Waals surface area contributed by atoms with Gasteiger partial charge in [-0.05, 0) is 31.9 Å². The highest BCUT2D eigenvalue weighted by Crippen LogP contribution is 2.24. The fourth-order valence-corrected chi connectivity index (χ4v) is 3.88. The highest BCUT2D eigenvalue weighted by atomic mass is 32.2. The predicted octanol–water partition coefficient (Wildman–Crippen LogP) is 1.03. The fraction of sp³-hybridized carbons (Fsp3) is 0.500. The maximum atomic E-state index is 12.3. The van der Waals surface area contributed by atoms with Gasteiger partial charge in [-0.1, -0.05) is 12.1 Å². The Kier molecular flexibility index (Phi) is 3.61. The van der Waals surface area contributed by atoms with Crippen LogP contribution in [-0.2, 0) is 14.8 Å². The van der Waals surface area contributed by atoms with Crippen LogP contribution >= 0.6 is 0 Å². The lowest BCUT2D eigenvalue weighted by Gasteiger charge is -2.18. The first-order chi connectivity index (χ1) is 8.42. The Morgan fingerprint density at radius 3 is 2.72 bits per heavy atom. The third-order valence-corrected chi connectivity index (χ3v) is 4.90. The standard InChI is InChI=1S/C12H18N2O3S/c1-8-4-3-5-10(13)12(8)18(15,16)14-11-6-7-17-9(11)2/h3-5,9,11,14H,6-7,13H2,1-2H3. The summed E-state index contributed by atoms with van der Waals surface area (Å²) in [5.74, 6) is 0. The highest BCUT2D eigenvalue weighted by Gasteiger charge is 2.30. The largest absolute Gasteiger partial charge is 0.398 e. The Bertz CT molecular complexity index is 522. The Morgan fingerprint density at radius 1 is 1.44 bits per heavy atom. The number of hydrogen-bond donors (Lipinski definition) is 2. The van der Waals surface area contributed by atoms with Crippen molar-refractivity contribution in [3.63, 3.8) is 0 Å². The monoisotopic (exact) mass is 270 g/mol. The van der Waals surface area contributed by atoms with Gasteiger partial charge in [0.05, 0.1) is 17.8 Å². The van der Waals surface area contributed by atoms with Crippen LogP contribution in [0.15, 0.2) is 23.1 Å². The van der Waals surface area contributed by atoms with Gasteiger partial charge in [-0.3, -0.25) is 0 Å². The molecule has 0 saturated carbocycles. The molecule has 1 heterocycles. The molecule has 1 aliphatic rings. The zero-order valence-corrected chi connectivity index (χ0v) is 11.3. The molecule has 0 aromatic heterocycles. The minimum absolute atomic E-state index is 0.106. The molecule has 0 bridgehead atoms. The Labute approximate surface area is 107 Å². The molecule has 0 aliphatic carbocycles. The Morgan fingerprint density at radius 2 is 2.17 bits per heavy atom. The minimum Gasteiger partial charge on any atom is -0.398 e. The van der Waals surface area contributed by atoms with Crippen molar-refractivity contribution in [2.24, 2.45) is 0 Å². The maximum absolute atomic E-state index is 12.3. The summed E-state index contributed by atoms with van der Waals surface area (Å²) in [6.07, 6.45) is 0.580. The molecule has 2 rings (SSSR count). The second-order valence-electron chi connectivity index (χ2n) is 4.59. The molecule has 100 valence electrons. The summed E-state index contributed by atoms with van der Waals surface area (Å²) in [7, 11) is -3.59. The van der Waals surface area contributed by atoms with Gasteiger partial charge in [-0.15, -0.1) is 0 Å². The zero-order chi connectivity index (χ0) is 13.3. The summed E-state index contributed by atoms with van der Waals surface area (Å²) in [6, 6.07) is 4.88. The van der Waals surface area contributed by atoms with Crippen LogP contribution in [0, 0.1) is 6.92 Å². The number of sulfonamides is 1. The molecule has 6 heteroatoms. The number of anilines is 1. The van der Waals surface area contributed by atoms with E-state index < -0.39 is 10.0 Å². The zero-order valence-electron chi connectivity index (χ0n) is 10.5. The lowest BCUT2D eigenvalue weighted by Crippen LogP contribution is -2.39. The fourth-order valence-electron chi connectivity index (χ4n) is 2.19. The molecular weight excluding hydrogens is 252 g/mol. The van der Waals surface area contributed by atoms with Crippen LogP contribution in [-0.4, -0.2) is 27.2 Å². The summed E-state index contributed by atoms with van der Waals surface area (Å²) >= 11 is 0. The normalized spacial score (nSPS) is 24.3. The van der Waals surface area contributed by atoms with E-state index in [1.807, 2.05) is 6.92 Å². The summed E-state index contributed by atoms with van der Waals surface area (Å²) in [4.78, 5) is 0.170. The average Bonchev–Trinajstić information content (AvgIpc) is 2.63. The van der Waals surface area contributed by atoms with Crippen molar-refractivity contribution >= 4 is 15.7 Å². The van der Waals surface area contributed by atoms with Crippen molar-refractivity contribution in [3.05, 3.63) is 23.8 Å². The molecule has 2 unspecified atom stereocenters. The van der Waals surface area contributed by atoms with Crippen molar-refractivity contribution in [1.29, 1.82) is 0 Å². The molecular formula is C12H18N2O3S. The molecule has 0 amide bonds. The van der Waals surface area contributed by atoms with Gasteiger partial charge in [0.1, 0.15) is 4.90 Å². The van der Waals surface area contributed by atoms with Crippen molar-refractivity contribution in [2.75, 3.05) is 12.3 Å². The summed E-state index contributed by atoms with van der Waals surface area (Å²) in [6.45, 7) is 4.18. The highest BCUT2D eigenvalue weighted by molar-refractivity contribution is 7.89. The van der Waals surface area contributed by atoms with Gasteiger partial charge in [0.25, 0.3) is 0 Å². The number of nitrogens with one attached hydrogen (secondary N) is 1. The number of hydrogen-bond acceptors (Lipinski definition) is 4. The van der Waals surface area contributed by atoms with Crippen LogP contribution in [0.3, 0.4) is 0 Å². The third kappa shape index (κ3) is 2.50. The number of nitrogens with two attached hydrogens (primary N) is 1. The lowest BCUT2D eigenvalue weighted by atomic mass is 10.2. The third-order valence-electron chi connectivity index (χ3n) is 3.19. The number of rotatable bonds is 3. The van der Waals surface area contributed by atoms with E-state index in [0.717, 1.165) is 0 Å². The first-order valence-corrected chi connectivity index (χ1v) is 7.39. The summed E-state index contributed by atoms with van der Waals surface area (Å²) in [5, 5.41) is 0. The molecule has 18 heavy (non-hydrogen) atoms. The van der Waals surface area contributed by atoms with Gasteiger partial charge < -0.3 is 10.5 Å². The molecule has 1 aromatic rings. The molecule has 1 aliphatic heterocycles. The second kappa shape index (κ2) is 4.87. The second-order valence-corrected chi connectivity index (χ2v) is 6.24. The molecule has 2 atom stereocenters. The van der Waals surface area contributed by atoms with Crippen LogP contribution < -0.4 is 10.5 Å². The molecule has 1 fully saturated rings. The number of nitrogen functional groups attached to an aromatic ring is 1. The van der Waals surface area contributed by atoms with E-state index in [1.165, 1.54) is 0 Å². The van der Waals surface area contributed by atoms with Crippen molar-refractivity contribution in [2.45, 2.75) is 37.3 Å². The SMILES string of the molecule is Cc1cccc(N)c1S(=O)(=O)NC1CCOC1C. The Hall–Kier alpha value is -1.11. The summed E-state index contributed by atoms with van der Waals surface area (Å²) in [5.41, 5.74) is 6.69. The number of aryl methyl sites for hydroxylation is 1. The van der Waals surface area contributed by atoms with Crippen molar-refractivity contribution < 1.29 is 13.2 Å². The van der Waals surface area contributed by atoms with Gasteiger partial charge in [0, 0.05) is 6.61 Å². The van der Waals surface area contributed by atoms with Gasteiger partial charge >= 0.3 is 0 Å². The van der Waals surface area contributed by atoms with Gasteiger partial charge in [0.15, 0.2) is 0 Å². The van der Waals surface area contributed by atoms with E-state index in [-0.39, 0.29) is 22.7 Å². The Balaban J connectivity index is 2.31. The van der Waals surface area contributed by atoms with E-state index in [9.17, 15) is 8.42 Å². The van der Waals surface area contributed by atoms with Crippen LogP contribution in [0.25, 0.3) is 0 Å². The topological polar surface area (TPSA) is 81.4 Å². The van der Waals surface area contributed by atoms with Crippen LogP contribution in [0.2, 0.25) is 0 Å². The average molecular weight is 270 g/mol. The predicted molar refractivity (Wildman–Crippen MR) is 69.7 cm³/mol. The molecule has 0 spiro atoms. The first kappa shape index (κ1) is 13.3. The van der Waals surface area contributed by atoms with Crippen LogP contribution in [0.4, 0.5) is 5.69 Å². The van der Waals surface area contributed by atoms with E-state index in [0.29, 0.717) is 18.6 Å². The molecule has 1 aromatic carbocycles. The molecule has 5 nitrogen and oxygen atoms in total. The molecule has 1 saturated heterocycles. The smallest absolute Gasteiger partial charge is 0.243 e. The van der Waals surface area contributed by atoms with Crippen LogP contribution in [0.1, 0.15) is 18.9 Å². The van der Waals surface area contributed by atoms with E-state index in [2.05, 4.69) is 4.72 Å². The first-order valence-electron chi connectivity index (χ1n) is 5.91. The summed E-state index contributed by atoms with van der Waals surface area (Å²) < 4.78 is 32.7.